The fraction of sp³-hybridized carbons (Fsp3) is 0.700. The lowest BCUT2D eigenvalue weighted by molar-refractivity contribution is -0.150. The number of aryl methyl sites for hydroxylation is 1. The van der Waals surface area contributed by atoms with Crippen molar-refractivity contribution in [2.45, 2.75) is 88.8 Å². The van der Waals surface area contributed by atoms with E-state index in [-0.39, 0.29) is 24.4 Å². The van der Waals surface area contributed by atoms with Gasteiger partial charge < -0.3 is 19.3 Å². The number of carbonyl (C=O) groups excluding carboxylic acids is 2. The van der Waals surface area contributed by atoms with Crippen molar-refractivity contribution in [3.8, 4) is 0 Å². The zero-order valence-corrected chi connectivity index (χ0v) is 23.5. The third-order valence-electron chi connectivity index (χ3n) is 8.57. The smallest absolute Gasteiger partial charge is 0.335 e. The number of hydrogen-bond donors (Lipinski definition) is 0. The number of hydrogen-bond acceptors (Lipinski definition) is 7. The molecule has 0 radical (unpaired) electrons. The van der Waals surface area contributed by atoms with Crippen molar-refractivity contribution in [2.75, 3.05) is 34.9 Å². The maximum atomic E-state index is 13.1. The van der Waals surface area contributed by atoms with Crippen LogP contribution >= 0.6 is 0 Å². The number of nitrogens with zero attached hydrogens (tertiary/aromatic N) is 3. The van der Waals surface area contributed by atoms with Crippen molar-refractivity contribution >= 4 is 18.3 Å². The van der Waals surface area contributed by atoms with E-state index in [1.54, 1.807) is 0 Å². The molecule has 1 aromatic carbocycles. The second kappa shape index (κ2) is 13.9. The van der Waals surface area contributed by atoms with E-state index < -0.39 is 5.54 Å². The van der Waals surface area contributed by atoms with Crippen LogP contribution in [0.3, 0.4) is 0 Å². The predicted octanol–water partition coefficient (Wildman–Crippen LogP) is 4.73. The number of ether oxygens (including phenoxy) is 2. The zero-order chi connectivity index (χ0) is 26.8. The average Bonchev–Trinajstić information content (AvgIpc) is 3.26. The number of carbonyl (C=O) groups is 2. The molecule has 0 bridgehead atoms. The van der Waals surface area contributed by atoms with Gasteiger partial charge in [0, 0.05) is 19.0 Å². The Balaban J connectivity index is 1.66. The van der Waals surface area contributed by atoms with Crippen molar-refractivity contribution in [3.05, 3.63) is 35.9 Å². The first-order valence-electron chi connectivity index (χ1n) is 14.0. The fourth-order valence-corrected chi connectivity index (χ4v) is 6.51. The maximum Gasteiger partial charge on any atom is 0.335 e. The van der Waals surface area contributed by atoms with Gasteiger partial charge in [-0.2, -0.15) is 0 Å². The van der Waals surface area contributed by atoms with Gasteiger partial charge in [-0.25, -0.2) is 4.79 Å². The monoisotopic (exact) mass is 513 g/mol. The Hall–Kier alpha value is -2.41. The first-order valence-corrected chi connectivity index (χ1v) is 14.0. The molecule has 1 aliphatic heterocycles. The molecule has 0 spiro atoms. The Morgan fingerprint density at radius 3 is 2.41 bits per heavy atom. The molecular formula is C30H47N3O4. The zero-order valence-electron chi connectivity index (χ0n) is 23.5. The molecule has 206 valence electrons. The standard InChI is InChI=1S/C30H47N3O4/c1-6-20-33-22-31-30(29(35)37-5,19-18-28(34)36-4)27(33)21-24-12-15-25(16-13-24)26(32(2)3)17-14-23-10-8-7-9-11-23/h7-11,22,24-27H,6,12-21H2,1-5H3. The summed E-state index contributed by atoms with van der Waals surface area (Å²) >= 11 is 0. The lowest BCUT2D eigenvalue weighted by Crippen LogP contribution is -2.53. The van der Waals surface area contributed by atoms with Crippen molar-refractivity contribution in [3.63, 3.8) is 0 Å². The molecule has 0 saturated heterocycles. The van der Waals surface area contributed by atoms with Gasteiger partial charge in [-0.3, -0.25) is 9.79 Å². The van der Waals surface area contributed by atoms with Gasteiger partial charge in [-0.15, -0.1) is 0 Å². The van der Waals surface area contributed by atoms with Crippen LogP contribution in [0.15, 0.2) is 35.3 Å². The summed E-state index contributed by atoms with van der Waals surface area (Å²) in [5.41, 5.74) is 0.364. The van der Waals surface area contributed by atoms with Crippen LogP contribution in [-0.2, 0) is 25.5 Å². The molecule has 0 aromatic heterocycles. The van der Waals surface area contributed by atoms with Gasteiger partial charge in [0.25, 0.3) is 0 Å². The van der Waals surface area contributed by atoms with Crippen molar-refractivity contribution < 1.29 is 19.1 Å². The van der Waals surface area contributed by atoms with E-state index in [4.69, 9.17) is 14.5 Å². The molecule has 3 atom stereocenters. The van der Waals surface area contributed by atoms with Gasteiger partial charge >= 0.3 is 11.9 Å². The second-order valence-electron chi connectivity index (χ2n) is 11.1. The summed E-state index contributed by atoms with van der Waals surface area (Å²) in [6.45, 7) is 2.97. The molecule has 0 amide bonds. The van der Waals surface area contributed by atoms with Crippen LogP contribution < -0.4 is 0 Å². The minimum Gasteiger partial charge on any atom is -0.469 e. The number of benzene rings is 1. The molecule has 1 aliphatic carbocycles. The number of esters is 2. The van der Waals surface area contributed by atoms with Gasteiger partial charge in [0.05, 0.1) is 26.6 Å². The number of rotatable bonds is 13. The van der Waals surface area contributed by atoms with Crippen LogP contribution in [0.4, 0.5) is 0 Å². The molecule has 1 heterocycles. The largest absolute Gasteiger partial charge is 0.469 e. The Labute approximate surface area is 223 Å². The molecule has 7 nitrogen and oxygen atoms in total. The first-order chi connectivity index (χ1) is 17.8. The van der Waals surface area contributed by atoms with Crippen LogP contribution in [0.25, 0.3) is 0 Å². The van der Waals surface area contributed by atoms with E-state index in [9.17, 15) is 9.59 Å². The summed E-state index contributed by atoms with van der Waals surface area (Å²) in [7, 11) is 7.23. The molecule has 2 aliphatic rings. The van der Waals surface area contributed by atoms with Gasteiger partial charge in [0.1, 0.15) is 0 Å². The molecule has 1 aromatic rings. The van der Waals surface area contributed by atoms with E-state index in [0.717, 1.165) is 38.6 Å². The predicted molar refractivity (Wildman–Crippen MR) is 148 cm³/mol. The average molecular weight is 514 g/mol. The summed E-state index contributed by atoms with van der Waals surface area (Å²) in [4.78, 5) is 34.5. The highest BCUT2D eigenvalue weighted by Gasteiger charge is 2.52. The van der Waals surface area contributed by atoms with E-state index in [1.165, 1.54) is 39.0 Å². The summed E-state index contributed by atoms with van der Waals surface area (Å²) in [5.74, 6) is 0.544. The van der Waals surface area contributed by atoms with Gasteiger partial charge in [0.2, 0.25) is 0 Å². The lowest BCUT2D eigenvalue weighted by atomic mass is 9.72. The van der Waals surface area contributed by atoms with Crippen LogP contribution in [-0.4, -0.2) is 80.6 Å². The summed E-state index contributed by atoms with van der Waals surface area (Å²) in [6, 6.07) is 11.3. The molecule has 3 rings (SSSR count). The molecule has 37 heavy (non-hydrogen) atoms. The molecule has 7 heteroatoms. The molecular weight excluding hydrogens is 466 g/mol. The minimum absolute atomic E-state index is 0.0890. The SMILES string of the molecule is CCCN1C=NC(CCC(=O)OC)(C(=O)OC)C1CC1CCC(C(CCc2ccccc2)N(C)C)CC1. The number of aliphatic imine (C=N–C) groups is 1. The van der Waals surface area contributed by atoms with Gasteiger partial charge in [-0.1, -0.05) is 50.1 Å². The second-order valence-corrected chi connectivity index (χ2v) is 11.1. The Kier molecular flexibility index (Phi) is 11.0. The highest BCUT2D eigenvalue weighted by atomic mass is 16.5. The Morgan fingerprint density at radius 2 is 1.81 bits per heavy atom. The van der Waals surface area contributed by atoms with E-state index >= 15 is 0 Å². The van der Waals surface area contributed by atoms with Gasteiger partial charge in [-0.05, 0) is 76.4 Å². The topological polar surface area (TPSA) is 71.4 Å². The molecule has 0 N–H and O–H groups in total. The van der Waals surface area contributed by atoms with Crippen LogP contribution in [0.2, 0.25) is 0 Å². The fourth-order valence-electron chi connectivity index (χ4n) is 6.51. The Bertz CT molecular complexity index is 882. The third-order valence-corrected chi connectivity index (χ3v) is 8.57. The Morgan fingerprint density at radius 1 is 1.11 bits per heavy atom. The molecule has 1 saturated carbocycles. The quantitative estimate of drug-likeness (QED) is 0.355. The third kappa shape index (κ3) is 7.34. The lowest BCUT2D eigenvalue weighted by Gasteiger charge is -2.41. The van der Waals surface area contributed by atoms with Crippen molar-refractivity contribution in [2.24, 2.45) is 16.8 Å². The van der Waals surface area contributed by atoms with Crippen LogP contribution in [0, 0.1) is 11.8 Å². The minimum atomic E-state index is -1.04. The molecule has 3 unspecified atom stereocenters. The number of methoxy groups -OCH3 is 2. The maximum absolute atomic E-state index is 13.1. The summed E-state index contributed by atoms with van der Waals surface area (Å²) in [6.07, 6.45) is 11.1. The summed E-state index contributed by atoms with van der Waals surface area (Å²) in [5, 5.41) is 0. The van der Waals surface area contributed by atoms with Gasteiger partial charge in [0.15, 0.2) is 5.54 Å². The van der Waals surface area contributed by atoms with E-state index in [2.05, 4.69) is 61.2 Å². The highest BCUT2D eigenvalue weighted by Crippen LogP contribution is 2.41. The summed E-state index contributed by atoms with van der Waals surface area (Å²) < 4.78 is 10.1. The van der Waals surface area contributed by atoms with Crippen LogP contribution in [0.5, 0.6) is 0 Å². The first kappa shape index (κ1) is 29.2. The van der Waals surface area contributed by atoms with Crippen molar-refractivity contribution in [1.82, 2.24) is 9.80 Å². The molecule has 1 fully saturated rings. The van der Waals surface area contributed by atoms with E-state index in [0.29, 0.717) is 24.3 Å². The van der Waals surface area contributed by atoms with Crippen molar-refractivity contribution in [1.29, 1.82) is 0 Å². The van der Waals surface area contributed by atoms with E-state index in [1.807, 2.05) is 6.34 Å². The van der Waals surface area contributed by atoms with Crippen LogP contribution in [0.1, 0.15) is 70.3 Å². The highest BCUT2D eigenvalue weighted by molar-refractivity contribution is 5.87. The normalized spacial score (nSPS) is 26.3.